The number of rotatable bonds is 5. The minimum atomic E-state index is -0.768. The summed E-state index contributed by atoms with van der Waals surface area (Å²) in [5.74, 6) is -0.799. The van der Waals surface area contributed by atoms with Gasteiger partial charge in [0, 0.05) is 18.6 Å². The summed E-state index contributed by atoms with van der Waals surface area (Å²) >= 11 is 0. The summed E-state index contributed by atoms with van der Waals surface area (Å²) in [4.78, 5) is 9.87. The van der Waals surface area contributed by atoms with E-state index in [-0.39, 0.29) is 24.7 Å². The van der Waals surface area contributed by atoms with Crippen LogP contribution in [0.5, 0.6) is 5.75 Å². The van der Waals surface area contributed by atoms with Crippen molar-refractivity contribution >= 4 is 5.69 Å². The molecule has 0 aliphatic heterocycles. The molecule has 0 saturated carbocycles. The molecule has 1 aromatic carbocycles. The third-order valence-corrected chi connectivity index (χ3v) is 2.01. The lowest BCUT2D eigenvalue weighted by Crippen LogP contribution is -2.02. The Hall–Kier alpha value is -1.69. The van der Waals surface area contributed by atoms with E-state index in [1.165, 1.54) is 13.0 Å². The van der Waals surface area contributed by atoms with Crippen molar-refractivity contribution in [3.8, 4) is 5.75 Å². The smallest absolute Gasteiger partial charge is 0.275 e. The van der Waals surface area contributed by atoms with Crippen molar-refractivity contribution in [3.63, 3.8) is 0 Å². The lowest BCUT2D eigenvalue weighted by molar-refractivity contribution is -0.385. The summed E-state index contributed by atoms with van der Waals surface area (Å²) in [5, 5.41) is 19.0. The highest BCUT2D eigenvalue weighted by Gasteiger charge is 2.15. The molecule has 0 atom stereocenters. The molecular weight excluding hydrogens is 217 g/mol. The number of nitro groups is 1. The third kappa shape index (κ3) is 2.90. The Bertz CT molecular complexity index is 395. The van der Waals surface area contributed by atoms with E-state index in [4.69, 9.17) is 9.84 Å². The van der Waals surface area contributed by atoms with Gasteiger partial charge in [0.2, 0.25) is 0 Å². The summed E-state index contributed by atoms with van der Waals surface area (Å²) in [6, 6.07) is 2.12. The fourth-order valence-electron chi connectivity index (χ4n) is 1.20. The second-order valence-corrected chi connectivity index (χ2v) is 3.25. The first-order chi connectivity index (χ1) is 7.56. The quantitative estimate of drug-likeness (QED) is 0.474. The molecule has 0 aliphatic carbocycles. The number of benzene rings is 1. The standard InChI is InChI=1S/C10H12FNO4/c1-7-5-10(16-4-2-3-13)8(11)6-9(7)12(14)15/h5-6,13H,2-4H2,1H3. The molecule has 6 heteroatoms. The van der Waals surface area contributed by atoms with E-state index in [0.717, 1.165) is 6.07 Å². The van der Waals surface area contributed by atoms with Crippen molar-refractivity contribution in [3.05, 3.63) is 33.6 Å². The molecule has 0 fully saturated rings. The molecule has 0 spiro atoms. The fourth-order valence-corrected chi connectivity index (χ4v) is 1.20. The van der Waals surface area contributed by atoms with Crippen LogP contribution in [0.1, 0.15) is 12.0 Å². The molecule has 1 rings (SSSR count). The maximum absolute atomic E-state index is 13.3. The van der Waals surface area contributed by atoms with Gasteiger partial charge < -0.3 is 9.84 Å². The Morgan fingerprint density at radius 1 is 1.56 bits per heavy atom. The first-order valence-corrected chi connectivity index (χ1v) is 4.74. The summed E-state index contributed by atoms with van der Waals surface area (Å²) in [7, 11) is 0. The van der Waals surface area contributed by atoms with Crippen LogP contribution in [0.4, 0.5) is 10.1 Å². The van der Waals surface area contributed by atoms with Crippen LogP contribution in [0.25, 0.3) is 0 Å². The molecule has 0 aliphatic rings. The Morgan fingerprint density at radius 2 is 2.25 bits per heavy atom. The van der Waals surface area contributed by atoms with Gasteiger partial charge in [-0.2, -0.15) is 0 Å². The highest BCUT2D eigenvalue weighted by Crippen LogP contribution is 2.26. The number of aliphatic hydroxyl groups excluding tert-OH is 1. The Morgan fingerprint density at radius 3 is 2.81 bits per heavy atom. The predicted molar refractivity (Wildman–Crippen MR) is 55.0 cm³/mol. The molecule has 1 aromatic rings. The molecule has 88 valence electrons. The van der Waals surface area contributed by atoms with E-state index in [0.29, 0.717) is 12.0 Å². The number of hydrogen-bond acceptors (Lipinski definition) is 4. The van der Waals surface area contributed by atoms with Crippen molar-refractivity contribution in [2.75, 3.05) is 13.2 Å². The largest absolute Gasteiger partial charge is 0.490 e. The van der Waals surface area contributed by atoms with E-state index in [1.54, 1.807) is 0 Å². The predicted octanol–water partition coefficient (Wildman–Crippen LogP) is 1.80. The van der Waals surface area contributed by atoms with Crippen LogP contribution in [0.2, 0.25) is 0 Å². The molecular formula is C10H12FNO4. The summed E-state index contributed by atoms with van der Waals surface area (Å²) < 4.78 is 18.4. The van der Waals surface area contributed by atoms with Crippen molar-refractivity contribution in [1.29, 1.82) is 0 Å². The molecule has 0 heterocycles. The Balaban J connectivity index is 2.88. The van der Waals surface area contributed by atoms with Gasteiger partial charge in [-0.15, -0.1) is 0 Å². The molecule has 0 aromatic heterocycles. The number of hydrogen-bond donors (Lipinski definition) is 1. The first-order valence-electron chi connectivity index (χ1n) is 4.74. The minimum absolute atomic E-state index is 0.0310. The number of ether oxygens (including phenoxy) is 1. The number of halogens is 1. The highest BCUT2D eigenvalue weighted by molar-refractivity contribution is 5.45. The normalized spacial score (nSPS) is 10.2. The average molecular weight is 229 g/mol. The molecule has 1 N–H and O–H groups in total. The molecule has 0 amide bonds. The average Bonchev–Trinajstić information content (AvgIpc) is 2.22. The van der Waals surface area contributed by atoms with E-state index in [2.05, 4.69) is 0 Å². The SMILES string of the molecule is Cc1cc(OCCCO)c(F)cc1[N+](=O)[O-]. The van der Waals surface area contributed by atoms with E-state index < -0.39 is 10.7 Å². The van der Waals surface area contributed by atoms with Crippen molar-refractivity contribution in [1.82, 2.24) is 0 Å². The zero-order valence-corrected chi connectivity index (χ0v) is 8.77. The summed E-state index contributed by atoms with van der Waals surface area (Å²) in [5.41, 5.74) is 0.0670. The second kappa shape index (κ2) is 5.41. The van der Waals surface area contributed by atoms with Gasteiger partial charge in [0.15, 0.2) is 11.6 Å². The van der Waals surface area contributed by atoms with Gasteiger partial charge in [0.1, 0.15) is 0 Å². The maximum Gasteiger partial charge on any atom is 0.275 e. The third-order valence-electron chi connectivity index (χ3n) is 2.01. The molecule has 5 nitrogen and oxygen atoms in total. The van der Waals surface area contributed by atoms with Crippen LogP contribution in [-0.2, 0) is 0 Å². The number of nitro benzene ring substituents is 1. The number of nitrogens with zero attached hydrogens (tertiary/aromatic N) is 1. The minimum Gasteiger partial charge on any atom is -0.490 e. The van der Waals surface area contributed by atoms with Gasteiger partial charge in [-0.1, -0.05) is 0 Å². The number of aliphatic hydroxyl groups is 1. The van der Waals surface area contributed by atoms with Gasteiger partial charge in [0.25, 0.3) is 5.69 Å². The Kier molecular flexibility index (Phi) is 4.19. The number of aryl methyl sites for hydroxylation is 1. The highest BCUT2D eigenvalue weighted by atomic mass is 19.1. The lowest BCUT2D eigenvalue weighted by Gasteiger charge is -2.07. The van der Waals surface area contributed by atoms with Gasteiger partial charge in [-0.05, 0) is 13.0 Å². The van der Waals surface area contributed by atoms with Crippen LogP contribution in [0.3, 0.4) is 0 Å². The van der Waals surface area contributed by atoms with Crippen molar-refractivity contribution in [2.24, 2.45) is 0 Å². The van der Waals surface area contributed by atoms with Gasteiger partial charge in [-0.25, -0.2) is 4.39 Å². The van der Waals surface area contributed by atoms with Crippen LogP contribution in [0.15, 0.2) is 12.1 Å². The first kappa shape index (κ1) is 12.4. The van der Waals surface area contributed by atoms with Crippen LogP contribution in [0, 0.1) is 22.9 Å². The fraction of sp³-hybridized carbons (Fsp3) is 0.400. The van der Waals surface area contributed by atoms with Crippen molar-refractivity contribution < 1.29 is 19.2 Å². The zero-order valence-electron chi connectivity index (χ0n) is 8.77. The molecule has 0 unspecified atom stereocenters. The van der Waals surface area contributed by atoms with Gasteiger partial charge in [0.05, 0.1) is 17.6 Å². The molecule has 0 saturated heterocycles. The van der Waals surface area contributed by atoms with Crippen molar-refractivity contribution in [2.45, 2.75) is 13.3 Å². The molecule has 0 radical (unpaired) electrons. The summed E-state index contributed by atoms with van der Waals surface area (Å²) in [6.07, 6.45) is 0.384. The van der Waals surface area contributed by atoms with Crippen LogP contribution < -0.4 is 4.74 Å². The van der Waals surface area contributed by atoms with E-state index in [1.807, 2.05) is 0 Å². The van der Waals surface area contributed by atoms with Crippen LogP contribution >= 0.6 is 0 Å². The molecule has 0 bridgehead atoms. The van der Waals surface area contributed by atoms with E-state index >= 15 is 0 Å². The zero-order chi connectivity index (χ0) is 12.1. The van der Waals surface area contributed by atoms with Gasteiger partial charge >= 0.3 is 0 Å². The van der Waals surface area contributed by atoms with Gasteiger partial charge in [-0.3, -0.25) is 10.1 Å². The monoisotopic (exact) mass is 229 g/mol. The topological polar surface area (TPSA) is 72.6 Å². The Labute approximate surface area is 91.6 Å². The van der Waals surface area contributed by atoms with E-state index in [9.17, 15) is 14.5 Å². The van der Waals surface area contributed by atoms with Crippen LogP contribution in [-0.4, -0.2) is 23.2 Å². The summed E-state index contributed by atoms with van der Waals surface area (Å²) in [6.45, 7) is 1.63. The molecule has 16 heavy (non-hydrogen) atoms. The lowest BCUT2D eigenvalue weighted by atomic mass is 10.2. The maximum atomic E-state index is 13.3. The second-order valence-electron chi connectivity index (χ2n) is 3.25.